The second-order valence-electron chi connectivity index (χ2n) is 5.01. The maximum Gasteiger partial charge on any atom is 0.164 e. The first-order valence-corrected chi connectivity index (χ1v) is 7.13. The molecule has 0 unspecified atom stereocenters. The smallest absolute Gasteiger partial charge is 0.164 e. The van der Waals surface area contributed by atoms with Crippen molar-refractivity contribution in [3.63, 3.8) is 0 Å². The van der Waals surface area contributed by atoms with E-state index in [4.69, 9.17) is 11.6 Å². The second-order valence-corrected chi connectivity index (χ2v) is 5.28. The highest BCUT2D eigenvalue weighted by Gasteiger charge is 2.15. The van der Waals surface area contributed by atoms with Gasteiger partial charge in [-0.25, -0.2) is 9.97 Å². The Balaban J connectivity index is 2.39. The number of hydrogen-bond donors (Lipinski definition) is 0. The van der Waals surface area contributed by atoms with Crippen LogP contribution in [-0.2, 0) is 5.88 Å². The van der Waals surface area contributed by atoms with E-state index in [9.17, 15) is 0 Å². The summed E-state index contributed by atoms with van der Waals surface area (Å²) in [6.45, 7) is 6.21. The number of aryl methyl sites for hydroxylation is 2. The number of hydrogen-bond acceptors (Lipinski definition) is 2. The molecule has 20 heavy (non-hydrogen) atoms. The number of halogens is 1. The average molecular weight is 286 g/mol. The normalized spacial score (nSPS) is 11.2. The summed E-state index contributed by atoms with van der Waals surface area (Å²) >= 11 is 6.07. The molecule has 3 rings (SSSR count). The van der Waals surface area contributed by atoms with Crippen molar-refractivity contribution in [2.75, 3.05) is 0 Å². The van der Waals surface area contributed by atoms with Crippen molar-refractivity contribution in [1.82, 2.24) is 14.5 Å². The van der Waals surface area contributed by atoms with E-state index in [2.05, 4.69) is 46.6 Å². The standard InChI is InChI=1S/C16H16ClN3/c1-10-5-4-6-14(12(10)3)20-15(9-17)19-13-8-7-11(2)18-16(13)20/h4-8H,9H2,1-3H3. The third-order valence-corrected chi connectivity index (χ3v) is 3.89. The Morgan fingerprint density at radius 1 is 1.05 bits per heavy atom. The molecule has 0 radical (unpaired) electrons. The van der Waals surface area contributed by atoms with Gasteiger partial charge in [0.2, 0.25) is 0 Å². The molecule has 0 aliphatic rings. The van der Waals surface area contributed by atoms with Gasteiger partial charge in [0.05, 0.1) is 11.6 Å². The van der Waals surface area contributed by atoms with Gasteiger partial charge in [0.1, 0.15) is 11.3 Å². The van der Waals surface area contributed by atoms with E-state index >= 15 is 0 Å². The summed E-state index contributed by atoms with van der Waals surface area (Å²) in [4.78, 5) is 9.22. The molecule has 0 aliphatic carbocycles. The van der Waals surface area contributed by atoms with Gasteiger partial charge < -0.3 is 0 Å². The van der Waals surface area contributed by atoms with Crippen LogP contribution in [0.4, 0.5) is 0 Å². The summed E-state index contributed by atoms with van der Waals surface area (Å²) in [5, 5.41) is 0. The van der Waals surface area contributed by atoms with Crippen molar-refractivity contribution >= 4 is 22.8 Å². The predicted molar refractivity (Wildman–Crippen MR) is 82.6 cm³/mol. The van der Waals surface area contributed by atoms with Crippen LogP contribution in [0.15, 0.2) is 30.3 Å². The zero-order valence-corrected chi connectivity index (χ0v) is 12.6. The number of fused-ring (bicyclic) bond motifs is 1. The fourth-order valence-corrected chi connectivity index (χ4v) is 2.60. The summed E-state index contributed by atoms with van der Waals surface area (Å²) in [5.41, 5.74) is 6.30. The molecule has 1 aromatic carbocycles. The van der Waals surface area contributed by atoms with E-state index in [0.717, 1.165) is 28.4 Å². The molecule has 0 saturated heterocycles. The van der Waals surface area contributed by atoms with Gasteiger partial charge in [-0.1, -0.05) is 12.1 Å². The molecule has 2 heterocycles. The van der Waals surface area contributed by atoms with E-state index in [1.165, 1.54) is 11.1 Å². The zero-order chi connectivity index (χ0) is 14.3. The average Bonchev–Trinajstić information content (AvgIpc) is 2.79. The maximum atomic E-state index is 6.07. The molecule has 3 nitrogen and oxygen atoms in total. The van der Waals surface area contributed by atoms with Crippen LogP contribution in [0.2, 0.25) is 0 Å². The van der Waals surface area contributed by atoms with E-state index in [1.54, 1.807) is 0 Å². The van der Waals surface area contributed by atoms with Crippen molar-refractivity contribution in [3.05, 3.63) is 53.0 Å². The number of rotatable bonds is 2. The first-order chi connectivity index (χ1) is 9.61. The van der Waals surface area contributed by atoms with Crippen molar-refractivity contribution in [1.29, 1.82) is 0 Å². The Labute approximate surface area is 123 Å². The summed E-state index contributed by atoms with van der Waals surface area (Å²) in [6.07, 6.45) is 0. The van der Waals surface area contributed by atoms with E-state index < -0.39 is 0 Å². The Morgan fingerprint density at radius 3 is 2.60 bits per heavy atom. The van der Waals surface area contributed by atoms with Crippen LogP contribution < -0.4 is 0 Å². The Bertz CT molecular complexity index is 790. The topological polar surface area (TPSA) is 30.7 Å². The zero-order valence-electron chi connectivity index (χ0n) is 11.8. The summed E-state index contributed by atoms with van der Waals surface area (Å²) < 4.78 is 2.07. The number of benzene rings is 1. The van der Waals surface area contributed by atoms with E-state index in [1.807, 2.05) is 19.1 Å². The van der Waals surface area contributed by atoms with Gasteiger partial charge in [-0.15, -0.1) is 11.6 Å². The highest BCUT2D eigenvalue weighted by molar-refractivity contribution is 6.16. The van der Waals surface area contributed by atoms with Crippen molar-refractivity contribution < 1.29 is 0 Å². The van der Waals surface area contributed by atoms with Crippen LogP contribution in [0.1, 0.15) is 22.6 Å². The molecule has 0 atom stereocenters. The molecule has 3 aromatic rings. The van der Waals surface area contributed by atoms with Gasteiger partial charge in [0.15, 0.2) is 5.65 Å². The molecule has 0 bridgehead atoms. The Hall–Kier alpha value is -1.87. The third kappa shape index (κ3) is 1.98. The minimum Gasteiger partial charge on any atom is -0.279 e. The Morgan fingerprint density at radius 2 is 1.85 bits per heavy atom. The minimum atomic E-state index is 0.364. The molecule has 0 spiro atoms. The molecule has 0 fully saturated rings. The van der Waals surface area contributed by atoms with Gasteiger partial charge in [-0.2, -0.15) is 0 Å². The highest BCUT2D eigenvalue weighted by atomic mass is 35.5. The SMILES string of the molecule is Cc1ccc2nc(CCl)n(-c3cccc(C)c3C)c2n1. The number of aromatic nitrogens is 3. The monoisotopic (exact) mass is 285 g/mol. The number of pyridine rings is 1. The quantitative estimate of drug-likeness (QED) is 0.664. The van der Waals surface area contributed by atoms with Crippen LogP contribution in [0.25, 0.3) is 16.9 Å². The lowest BCUT2D eigenvalue weighted by Gasteiger charge is -2.12. The van der Waals surface area contributed by atoms with Crippen LogP contribution >= 0.6 is 11.6 Å². The largest absolute Gasteiger partial charge is 0.279 e. The third-order valence-electron chi connectivity index (χ3n) is 3.65. The van der Waals surface area contributed by atoms with Gasteiger partial charge in [-0.3, -0.25) is 4.57 Å². The number of nitrogens with zero attached hydrogens (tertiary/aromatic N) is 3. The maximum absolute atomic E-state index is 6.07. The summed E-state index contributed by atoms with van der Waals surface area (Å²) in [7, 11) is 0. The van der Waals surface area contributed by atoms with Gasteiger partial charge >= 0.3 is 0 Å². The van der Waals surface area contributed by atoms with Crippen molar-refractivity contribution in [3.8, 4) is 5.69 Å². The fourth-order valence-electron chi connectivity index (χ4n) is 2.42. The molecule has 4 heteroatoms. The van der Waals surface area contributed by atoms with E-state index in [0.29, 0.717) is 5.88 Å². The molecule has 2 aromatic heterocycles. The first-order valence-electron chi connectivity index (χ1n) is 6.59. The number of alkyl halides is 1. The Kier molecular flexibility index (Phi) is 3.22. The molecule has 0 N–H and O–H groups in total. The summed E-state index contributed by atoms with van der Waals surface area (Å²) in [6, 6.07) is 10.2. The number of imidazole rings is 1. The van der Waals surface area contributed by atoms with Crippen LogP contribution in [0, 0.1) is 20.8 Å². The van der Waals surface area contributed by atoms with Crippen LogP contribution in [0.5, 0.6) is 0 Å². The minimum absolute atomic E-state index is 0.364. The molecule has 0 amide bonds. The predicted octanol–water partition coefficient (Wildman–Crippen LogP) is 4.08. The highest BCUT2D eigenvalue weighted by Crippen LogP contribution is 2.25. The van der Waals surface area contributed by atoms with E-state index in [-0.39, 0.29) is 0 Å². The summed E-state index contributed by atoms with van der Waals surface area (Å²) in [5.74, 6) is 1.19. The van der Waals surface area contributed by atoms with Crippen LogP contribution in [-0.4, -0.2) is 14.5 Å². The second kappa shape index (κ2) is 4.91. The first kappa shape index (κ1) is 13.1. The molecule has 102 valence electrons. The molecule has 0 aliphatic heterocycles. The van der Waals surface area contributed by atoms with Crippen molar-refractivity contribution in [2.24, 2.45) is 0 Å². The van der Waals surface area contributed by atoms with Gasteiger partial charge in [0.25, 0.3) is 0 Å². The van der Waals surface area contributed by atoms with Crippen molar-refractivity contribution in [2.45, 2.75) is 26.7 Å². The fraction of sp³-hybridized carbons (Fsp3) is 0.250. The molecular weight excluding hydrogens is 270 g/mol. The van der Waals surface area contributed by atoms with Crippen LogP contribution in [0.3, 0.4) is 0 Å². The lowest BCUT2D eigenvalue weighted by atomic mass is 10.1. The lowest BCUT2D eigenvalue weighted by Crippen LogP contribution is -2.03. The lowest BCUT2D eigenvalue weighted by molar-refractivity contribution is 0.954. The molecule has 0 saturated carbocycles. The van der Waals surface area contributed by atoms with Gasteiger partial charge in [-0.05, 0) is 50.1 Å². The molecular formula is C16H16ClN3. The van der Waals surface area contributed by atoms with Gasteiger partial charge in [0, 0.05) is 5.69 Å².